The fraction of sp³-hybridized carbons (Fsp3) is 0.609. The molecule has 0 saturated carbocycles. The van der Waals surface area contributed by atoms with Gasteiger partial charge in [-0.15, -0.1) is 16.3 Å². The normalized spacial score (nSPS) is 19.4. The lowest BCUT2D eigenvalue weighted by atomic mass is 9.94. The number of hydroxylamine groups is 2. The van der Waals surface area contributed by atoms with Crippen molar-refractivity contribution in [3.05, 3.63) is 21.4 Å². The summed E-state index contributed by atoms with van der Waals surface area (Å²) in [6, 6.07) is -2.17. The number of nitrogens with zero attached hydrogens (tertiary/aromatic N) is 4. The minimum Gasteiger partial charge on any atom is -0.444 e. The smallest absolute Gasteiger partial charge is 0.437 e. The molecule has 13 nitrogen and oxygen atoms in total. The van der Waals surface area contributed by atoms with E-state index in [0.717, 1.165) is 0 Å². The number of rotatable bonds is 3. The Labute approximate surface area is 219 Å². The quantitative estimate of drug-likeness (QED) is 0.302. The molecule has 1 fully saturated rings. The maximum atomic E-state index is 13.1. The highest BCUT2D eigenvalue weighted by Gasteiger charge is 2.52. The molecule has 2 atom stereocenters. The Morgan fingerprint density at radius 1 is 1.16 bits per heavy atom. The molecule has 5 amide bonds. The summed E-state index contributed by atoms with van der Waals surface area (Å²) in [5.41, 5.74) is -0.364. The zero-order valence-electron chi connectivity index (χ0n) is 22.2. The van der Waals surface area contributed by atoms with E-state index in [9.17, 15) is 24.4 Å². The first-order chi connectivity index (χ1) is 17.0. The van der Waals surface area contributed by atoms with Gasteiger partial charge in [0.15, 0.2) is 0 Å². The highest BCUT2D eigenvalue weighted by atomic mass is 32.1. The van der Waals surface area contributed by atoms with E-state index in [-0.39, 0.29) is 25.0 Å². The molecule has 3 N–H and O–H groups in total. The molecule has 0 aromatic carbocycles. The standard InChI is InChI=1S/C23H34N6O7S/c1-22(2,3)35-19(31)25-18(26-20(32)36-23(4,5)6)24-9-12-11-37-16-13-10-28(21(33)29(13)34)15(14(12)16)17(30)27(7)8/h11,13,15,34H,9-10H2,1-8H3,(H2,24,25,26,31,32)/t13-,15?/m0/s1. The summed E-state index contributed by atoms with van der Waals surface area (Å²) in [7, 11) is 3.18. The average Bonchev–Trinajstić information content (AvgIpc) is 3.25. The monoisotopic (exact) mass is 538 g/mol. The van der Waals surface area contributed by atoms with Gasteiger partial charge in [-0.2, -0.15) is 5.06 Å². The Hall–Kier alpha value is -3.39. The topological polar surface area (TPSA) is 153 Å². The number of carbonyl (C=O) groups excluding carboxylic acids is 4. The first-order valence-corrected chi connectivity index (χ1v) is 12.5. The van der Waals surface area contributed by atoms with Crippen molar-refractivity contribution in [2.45, 2.75) is 71.4 Å². The summed E-state index contributed by atoms with van der Waals surface area (Å²) in [5, 5.41) is 18.1. The number of hydrogen-bond acceptors (Lipinski definition) is 8. The van der Waals surface area contributed by atoms with Gasteiger partial charge in [0.1, 0.15) is 23.3 Å². The molecule has 2 bridgehead atoms. The van der Waals surface area contributed by atoms with Crippen LogP contribution in [0, 0.1) is 0 Å². The molecule has 2 aliphatic rings. The van der Waals surface area contributed by atoms with E-state index in [1.807, 2.05) is 0 Å². The molecular formula is C23H34N6O7S. The van der Waals surface area contributed by atoms with E-state index in [0.29, 0.717) is 21.1 Å². The third-order valence-corrected chi connectivity index (χ3v) is 6.42. The van der Waals surface area contributed by atoms with Crippen LogP contribution in [0.4, 0.5) is 14.4 Å². The Balaban J connectivity index is 1.90. The second-order valence-corrected chi connectivity index (χ2v) is 11.8. The van der Waals surface area contributed by atoms with E-state index >= 15 is 0 Å². The summed E-state index contributed by atoms with van der Waals surface area (Å²) in [6.45, 7) is 10.4. The number of ether oxygens (including phenoxy) is 2. The SMILES string of the molecule is CN(C)C(=O)C1c2c(CN/C(=N/C(=O)OC(C)(C)C)NC(=O)OC(C)(C)C)csc2[C@@H]2CN1C(=O)N2O. The van der Waals surface area contributed by atoms with Crippen molar-refractivity contribution in [2.75, 3.05) is 20.6 Å². The summed E-state index contributed by atoms with van der Waals surface area (Å²) in [5.74, 6) is -0.532. The molecule has 1 unspecified atom stereocenters. The van der Waals surface area contributed by atoms with Crippen LogP contribution in [-0.2, 0) is 20.8 Å². The molecule has 3 heterocycles. The Morgan fingerprint density at radius 3 is 2.35 bits per heavy atom. The number of fused-ring (bicyclic) bond motifs is 4. The van der Waals surface area contributed by atoms with Crippen LogP contribution in [0.1, 0.15) is 69.6 Å². The molecule has 37 heavy (non-hydrogen) atoms. The van der Waals surface area contributed by atoms with Crippen LogP contribution < -0.4 is 10.6 Å². The van der Waals surface area contributed by atoms with E-state index in [1.165, 1.54) is 21.1 Å². The van der Waals surface area contributed by atoms with Crippen LogP contribution in [0.3, 0.4) is 0 Å². The lowest BCUT2D eigenvalue weighted by Gasteiger charge is -2.32. The lowest BCUT2D eigenvalue weighted by molar-refractivity contribution is -0.133. The van der Waals surface area contributed by atoms with Gasteiger partial charge >= 0.3 is 18.2 Å². The number of alkyl carbamates (subject to hydrolysis) is 1. The molecule has 0 spiro atoms. The number of likely N-dealkylation sites (N-methyl/N-ethyl adjacent to an activating group) is 1. The van der Waals surface area contributed by atoms with Gasteiger partial charge < -0.3 is 24.6 Å². The fourth-order valence-electron chi connectivity index (χ4n) is 3.87. The number of aliphatic imine (C=N–C) groups is 1. The van der Waals surface area contributed by atoms with Crippen molar-refractivity contribution in [1.29, 1.82) is 0 Å². The van der Waals surface area contributed by atoms with Crippen molar-refractivity contribution in [3.8, 4) is 0 Å². The number of urea groups is 1. The van der Waals surface area contributed by atoms with Crippen LogP contribution in [-0.4, -0.2) is 82.0 Å². The summed E-state index contributed by atoms with van der Waals surface area (Å²) in [6.07, 6.45) is -1.76. The number of nitrogens with one attached hydrogen (secondary N) is 2. The van der Waals surface area contributed by atoms with Gasteiger partial charge in [-0.3, -0.25) is 15.3 Å². The van der Waals surface area contributed by atoms with Crippen molar-refractivity contribution in [2.24, 2.45) is 4.99 Å². The highest BCUT2D eigenvalue weighted by molar-refractivity contribution is 7.10. The molecule has 1 saturated heterocycles. The first kappa shape index (κ1) is 28.2. The van der Waals surface area contributed by atoms with Crippen LogP contribution in [0.5, 0.6) is 0 Å². The lowest BCUT2D eigenvalue weighted by Crippen LogP contribution is -2.45. The Morgan fingerprint density at radius 2 is 1.78 bits per heavy atom. The van der Waals surface area contributed by atoms with Crippen LogP contribution in [0.15, 0.2) is 10.4 Å². The van der Waals surface area contributed by atoms with E-state index in [2.05, 4.69) is 15.6 Å². The molecule has 0 aliphatic carbocycles. The zero-order valence-corrected chi connectivity index (χ0v) is 23.1. The van der Waals surface area contributed by atoms with Gasteiger partial charge in [0, 0.05) is 31.1 Å². The number of carbonyl (C=O) groups is 4. The maximum absolute atomic E-state index is 13.1. The molecule has 14 heteroatoms. The predicted octanol–water partition coefficient (Wildman–Crippen LogP) is 2.96. The first-order valence-electron chi connectivity index (χ1n) is 11.6. The van der Waals surface area contributed by atoms with Gasteiger partial charge in [-0.1, -0.05) is 0 Å². The number of amides is 5. The second-order valence-electron chi connectivity index (χ2n) is 10.9. The van der Waals surface area contributed by atoms with Gasteiger partial charge in [-0.05, 0) is 52.5 Å². The number of guanidine groups is 1. The predicted molar refractivity (Wildman–Crippen MR) is 134 cm³/mol. The van der Waals surface area contributed by atoms with Crippen LogP contribution >= 0.6 is 11.3 Å². The average molecular weight is 539 g/mol. The molecule has 3 rings (SSSR count). The fourth-order valence-corrected chi connectivity index (χ4v) is 5.05. The van der Waals surface area contributed by atoms with Crippen molar-refractivity contribution < 1.29 is 33.9 Å². The molecule has 1 aromatic rings. The Bertz CT molecular complexity index is 1120. The summed E-state index contributed by atoms with van der Waals surface area (Å²) in [4.78, 5) is 57.7. The molecular weight excluding hydrogens is 504 g/mol. The summed E-state index contributed by atoms with van der Waals surface area (Å²) >= 11 is 1.31. The van der Waals surface area contributed by atoms with Crippen LogP contribution in [0.25, 0.3) is 0 Å². The largest absolute Gasteiger partial charge is 0.444 e. The zero-order chi connectivity index (χ0) is 27.9. The van der Waals surface area contributed by atoms with Gasteiger partial charge in [-0.25, -0.2) is 14.4 Å². The molecule has 2 aliphatic heterocycles. The van der Waals surface area contributed by atoms with Crippen molar-refractivity contribution in [3.63, 3.8) is 0 Å². The molecule has 0 radical (unpaired) electrons. The van der Waals surface area contributed by atoms with Crippen LogP contribution in [0.2, 0.25) is 0 Å². The highest BCUT2D eigenvalue weighted by Crippen LogP contribution is 2.47. The second kappa shape index (κ2) is 10.2. The van der Waals surface area contributed by atoms with E-state index in [4.69, 9.17) is 9.47 Å². The van der Waals surface area contributed by atoms with Gasteiger partial charge in [0.25, 0.3) is 0 Å². The van der Waals surface area contributed by atoms with Gasteiger partial charge in [0.05, 0.1) is 6.54 Å². The van der Waals surface area contributed by atoms with E-state index in [1.54, 1.807) is 61.0 Å². The van der Waals surface area contributed by atoms with E-state index < -0.39 is 41.5 Å². The van der Waals surface area contributed by atoms with Gasteiger partial charge in [0.2, 0.25) is 11.9 Å². The third kappa shape index (κ3) is 6.49. The van der Waals surface area contributed by atoms with Crippen molar-refractivity contribution in [1.82, 2.24) is 25.5 Å². The van der Waals surface area contributed by atoms with Crippen molar-refractivity contribution >= 4 is 41.4 Å². The number of thiophene rings is 1. The number of hydrogen-bond donors (Lipinski definition) is 3. The minimum atomic E-state index is -0.931. The Kier molecular flexibility index (Phi) is 7.75. The molecule has 204 valence electrons. The third-order valence-electron chi connectivity index (χ3n) is 5.27. The maximum Gasteiger partial charge on any atom is 0.437 e. The summed E-state index contributed by atoms with van der Waals surface area (Å²) < 4.78 is 10.5. The minimum absolute atomic E-state index is 0.0423. The molecule has 1 aromatic heterocycles.